The van der Waals surface area contributed by atoms with E-state index in [1.165, 1.54) is 38.5 Å². The zero-order chi connectivity index (χ0) is 14.2. The topological polar surface area (TPSA) is 29.0 Å². The number of hydrogen-bond donors (Lipinski definition) is 0. The van der Waals surface area contributed by atoms with Crippen LogP contribution in [0.4, 0.5) is 5.82 Å². The number of fused-ring (bicyclic) bond motifs is 2. The molecule has 0 unspecified atom stereocenters. The summed E-state index contributed by atoms with van der Waals surface area (Å²) in [6, 6.07) is 8.88. The fourth-order valence-electron chi connectivity index (χ4n) is 4.16. The third-order valence-electron chi connectivity index (χ3n) is 5.14. The number of aromatic nitrogens is 2. The molecule has 1 aliphatic carbocycles. The molecule has 0 radical (unpaired) electrons. The van der Waals surface area contributed by atoms with E-state index in [2.05, 4.69) is 27.2 Å². The molecule has 1 aromatic carbocycles. The molecule has 2 aromatic rings. The van der Waals surface area contributed by atoms with Gasteiger partial charge in [0, 0.05) is 23.4 Å². The van der Waals surface area contributed by atoms with Crippen LogP contribution in [0.3, 0.4) is 0 Å². The third kappa shape index (κ3) is 2.28. The fraction of sp³-hybridized carbons (Fsp3) is 0.529. The zero-order valence-electron chi connectivity index (χ0n) is 12.1. The average Bonchev–Trinajstić information content (AvgIpc) is 2.55. The fourth-order valence-corrected chi connectivity index (χ4v) is 4.36. The van der Waals surface area contributed by atoms with Crippen LogP contribution in [0.15, 0.2) is 24.3 Å². The molecule has 21 heavy (non-hydrogen) atoms. The lowest BCUT2D eigenvalue weighted by molar-refractivity contribution is 0.243. The molecule has 110 valence electrons. The molecule has 0 spiro atoms. The SMILES string of the molecule is Clc1nnc(N2CCC[C@H]3CCCC[C@H]32)c2ccccc12. The molecule has 0 amide bonds. The Morgan fingerprint density at radius 2 is 1.71 bits per heavy atom. The molecule has 4 rings (SSSR count). The van der Waals surface area contributed by atoms with Crippen LogP contribution in [-0.2, 0) is 0 Å². The molecule has 3 nitrogen and oxygen atoms in total. The smallest absolute Gasteiger partial charge is 0.159 e. The molecule has 2 aliphatic rings. The number of anilines is 1. The van der Waals surface area contributed by atoms with E-state index in [0.717, 1.165) is 29.1 Å². The summed E-state index contributed by atoms with van der Waals surface area (Å²) in [5.74, 6) is 1.87. The highest BCUT2D eigenvalue weighted by molar-refractivity contribution is 6.34. The number of piperidine rings is 1. The van der Waals surface area contributed by atoms with Gasteiger partial charge in [-0.1, -0.05) is 48.7 Å². The first kappa shape index (κ1) is 13.3. The minimum absolute atomic E-state index is 0.506. The quantitative estimate of drug-likeness (QED) is 0.779. The normalized spacial score (nSPS) is 25.9. The lowest BCUT2D eigenvalue weighted by Crippen LogP contribution is -2.47. The maximum atomic E-state index is 6.21. The molecule has 1 saturated heterocycles. The molecule has 1 saturated carbocycles. The maximum absolute atomic E-state index is 6.21. The van der Waals surface area contributed by atoms with Crippen molar-refractivity contribution < 1.29 is 0 Å². The zero-order valence-corrected chi connectivity index (χ0v) is 12.9. The van der Waals surface area contributed by atoms with E-state index in [1.54, 1.807) is 0 Å². The van der Waals surface area contributed by atoms with Gasteiger partial charge in [0.15, 0.2) is 11.0 Å². The van der Waals surface area contributed by atoms with Crippen molar-refractivity contribution in [2.75, 3.05) is 11.4 Å². The summed E-state index contributed by atoms with van der Waals surface area (Å²) in [5, 5.41) is 11.3. The Bertz CT molecular complexity index is 656. The number of benzene rings is 1. The highest BCUT2D eigenvalue weighted by atomic mass is 35.5. The minimum atomic E-state index is 0.506. The molecule has 2 fully saturated rings. The molecule has 2 heterocycles. The molecule has 1 aromatic heterocycles. The third-order valence-corrected chi connectivity index (χ3v) is 5.42. The Morgan fingerprint density at radius 3 is 2.62 bits per heavy atom. The van der Waals surface area contributed by atoms with Crippen molar-refractivity contribution in [3.63, 3.8) is 0 Å². The second kappa shape index (κ2) is 5.45. The Kier molecular flexibility index (Phi) is 3.46. The van der Waals surface area contributed by atoms with Crippen molar-refractivity contribution in [2.24, 2.45) is 5.92 Å². The maximum Gasteiger partial charge on any atom is 0.159 e. The number of halogens is 1. The summed E-state index contributed by atoms with van der Waals surface area (Å²) in [6.45, 7) is 1.10. The predicted molar refractivity (Wildman–Crippen MR) is 86.9 cm³/mol. The first-order valence-electron chi connectivity index (χ1n) is 8.02. The Hall–Kier alpha value is -1.35. The van der Waals surface area contributed by atoms with Crippen molar-refractivity contribution in [1.29, 1.82) is 0 Å². The van der Waals surface area contributed by atoms with Crippen LogP contribution in [0.5, 0.6) is 0 Å². The van der Waals surface area contributed by atoms with Crippen LogP contribution in [0.2, 0.25) is 5.15 Å². The predicted octanol–water partition coefficient (Wildman–Crippen LogP) is 4.44. The first-order chi connectivity index (χ1) is 10.3. The van der Waals surface area contributed by atoms with Crippen LogP contribution < -0.4 is 4.90 Å². The van der Waals surface area contributed by atoms with E-state index < -0.39 is 0 Å². The van der Waals surface area contributed by atoms with Crippen LogP contribution in [0, 0.1) is 5.92 Å². The molecular formula is C17H20ClN3. The highest BCUT2D eigenvalue weighted by Gasteiger charge is 2.34. The molecule has 0 N–H and O–H groups in total. The minimum Gasteiger partial charge on any atom is -0.351 e. The summed E-state index contributed by atoms with van der Waals surface area (Å²) < 4.78 is 0. The summed E-state index contributed by atoms with van der Waals surface area (Å²) in [7, 11) is 0. The molecule has 4 heteroatoms. The Morgan fingerprint density at radius 1 is 0.952 bits per heavy atom. The monoisotopic (exact) mass is 301 g/mol. The lowest BCUT2D eigenvalue weighted by Gasteiger charge is -2.44. The Labute approximate surface area is 130 Å². The van der Waals surface area contributed by atoms with Gasteiger partial charge in [0.05, 0.1) is 0 Å². The van der Waals surface area contributed by atoms with Crippen LogP contribution in [-0.4, -0.2) is 22.8 Å². The number of rotatable bonds is 1. The number of hydrogen-bond acceptors (Lipinski definition) is 3. The molecule has 1 aliphatic heterocycles. The van der Waals surface area contributed by atoms with Gasteiger partial charge in [-0.25, -0.2) is 0 Å². The van der Waals surface area contributed by atoms with Crippen LogP contribution >= 0.6 is 11.6 Å². The average molecular weight is 302 g/mol. The summed E-state index contributed by atoms with van der Waals surface area (Å²) in [5.41, 5.74) is 0. The van der Waals surface area contributed by atoms with E-state index in [9.17, 15) is 0 Å². The van der Waals surface area contributed by atoms with Gasteiger partial charge in [0.1, 0.15) is 0 Å². The second-order valence-corrected chi connectivity index (χ2v) is 6.67. The van der Waals surface area contributed by atoms with Crippen LogP contribution in [0.1, 0.15) is 38.5 Å². The first-order valence-corrected chi connectivity index (χ1v) is 8.40. The highest BCUT2D eigenvalue weighted by Crippen LogP contribution is 2.39. The largest absolute Gasteiger partial charge is 0.351 e. The van der Waals surface area contributed by atoms with Crippen molar-refractivity contribution in [1.82, 2.24) is 10.2 Å². The van der Waals surface area contributed by atoms with Crippen molar-refractivity contribution in [3.05, 3.63) is 29.4 Å². The van der Waals surface area contributed by atoms with Crippen LogP contribution in [0.25, 0.3) is 10.8 Å². The summed E-state index contributed by atoms with van der Waals surface area (Å²) >= 11 is 6.21. The van der Waals surface area contributed by atoms with E-state index in [-0.39, 0.29) is 0 Å². The van der Waals surface area contributed by atoms with Gasteiger partial charge in [-0.05, 0) is 31.6 Å². The van der Waals surface area contributed by atoms with Crippen molar-refractivity contribution in [2.45, 2.75) is 44.6 Å². The van der Waals surface area contributed by atoms with E-state index in [0.29, 0.717) is 11.2 Å². The van der Waals surface area contributed by atoms with Gasteiger partial charge in [0.2, 0.25) is 0 Å². The summed E-state index contributed by atoms with van der Waals surface area (Å²) in [4.78, 5) is 2.51. The standard InChI is InChI=1S/C17H20ClN3/c18-16-13-8-2-3-9-14(13)17(20-19-16)21-11-5-7-12-6-1-4-10-15(12)21/h2-3,8-9,12,15H,1,4-7,10-11H2/t12-,15-/m1/s1. The summed E-state index contributed by atoms with van der Waals surface area (Å²) in [6.07, 6.45) is 8.04. The second-order valence-electron chi connectivity index (χ2n) is 6.31. The van der Waals surface area contributed by atoms with Gasteiger partial charge in [-0.15, -0.1) is 10.2 Å². The van der Waals surface area contributed by atoms with Gasteiger partial charge < -0.3 is 4.90 Å². The Balaban J connectivity index is 1.80. The van der Waals surface area contributed by atoms with Gasteiger partial charge >= 0.3 is 0 Å². The van der Waals surface area contributed by atoms with E-state index >= 15 is 0 Å². The molecule has 0 bridgehead atoms. The molecule has 2 atom stereocenters. The van der Waals surface area contributed by atoms with Crippen molar-refractivity contribution >= 4 is 28.2 Å². The molecular weight excluding hydrogens is 282 g/mol. The number of nitrogens with zero attached hydrogens (tertiary/aromatic N) is 3. The van der Waals surface area contributed by atoms with Gasteiger partial charge in [0.25, 0.3) is 0 Å². The van der Waals surface area contributed by atoms with E-state index in [1.807, 2.05) is 12.1 Å². The van der Waals surface area contributed by atoms with Gasteiger partial charge in [-0.2, -0.15) is 0 Å². The van der Waals surface area contributed by atoms with E-state index in [4.69, 9.17) is 11.6 Å². The van der Waals surface area contributed by atoms with Gasteiger partial charge in [-0.3, -0.25) is 0 Å². The lowest BCUT2D eigenvalue weighted by atomic mass is 9.78. The van der Waals surface area contributed by atoms with Crippen molar-refractivity contribution in [3.8, 4) is 0 Å².